The molecule has 0 bridgehead atoms. The van der Waals surface area contributed by atoms with E-state index in [0.29, 0.717) is 17.1 Å². The lowest BCUT2D eigenvalue weighted by atomic mass is 10.2. The van der Waals surface area contributed by atoms with Gasteiger partial charge in [-0.15, -0.1) is 0 Å². The minimum absolute atomic E-state index is 0.0757. The molecule has 0 aliphatic rings. The second-order valence-corrected chi connectivity index (χ2v) is 4.19. The molecule has 2 rings (SSSR count). The Morgan fingerprint density at radius 3 is 2.65 bits per heavy atom. The van der Waals surface area contributed by atoms with Gasteiger partial charge in [-0.05, 0) is 32.0 Å². The smallest absolute Gasteiger partial charge is 0.274 e. The molecule has 1 amide bonds. The third-order valence-corrected chi connectivity index (χ3v) is 2.62. The minimum Gasteiger partial charge on any atom is -0.466 e. The molecule has 0 aliphatic heterocycles. The predicted octanol–water partition coefficient (Wildman–Crippen LogP) is 2.94. The third kappa shape index (κ3) is 3.09. The number of halogens is 2. The van der Waals surface area contributed by atoms with Crippen molar-refractivity contribution in [1.29, 1.82) is 0 Å². The first-order valence-corrected chi connectivity index (χ1v) is 5.83. The summed E-state index contributed by atoms with van der Waals surface area (Å²) in [4.78, 5) is 11.8. The summed E-state index contributed by atoms with van der Waals surface area (Å²) in [6.07, 6.45) is 1.11. The molecule has 1 heterocycles. The quantitative estimate of drug-likeness (QED) is 0.693. The van der Waals surface area contributed by atoms with Crippen LogP contribution >= 0.6 is 0 Å². The fourth-order valence-corrected chi connectivity index (χ4v) is 1.68. The molecule has 1 aromatic heterocycles. The molecule has 0 fully saturated rings. The first kappa shape index (κ1) is 13.9. The lowest BCUT2D eigenvalue weighted by molar-refractivity contribution is 0.0953. The summed E-state index contributed by atoms with van der Waals surface area (Å²) in [5.41, 5.74) is 2.69. The third-order valence-electron chi connectivity index (χ3n) is 2.62. The number of aryl methyl sites for hydroxylation is 2. The molecule has 0 unspecified atom stereocenters. The summed E-state index contributed by atoms with van der Waals surface area (Å²) in [7, 11) is 0. The normalized spacial score (nSPS) is 11.0. The number of hydrazone groups is 1. The maximum Gasteiger partial charge on any atom is 0.274 e. The molecule has 6 heteroatoms. The lowest BCUT2D eigenvalue weighted by Gasteiger charge is -1.98. The largest absolute Gasteiger partial charge is 0.466 e. The van der Waals surface area contributed by atoms with Crippen LogP contribution in [0.4, 0.5) is 8.78 Å². The summed E-state index contributed by atoms with van der Waals surface area (Å²) < 4.78 is 31.2. The summed E-state index contributed by atoms with van der Waals surface area (Å²) in [6, 6.07) is 4.66. The number of benzene rings is 1. The molecule has 0 radical (unpaired) electrons. The maximum atomic E-state index is 13.3. The molecule has 20 heavy (non-hydrogen) atoms. The topological polar surface area (TPSA) is 54.6 Å². The fraction of sp³-hybridized carbons (Fsp3) is 0.143. The van der Waals surface area contributed by atoms with E-state index in [4.69, 9.17) is 4.42 Å². The van der Waals surface area contributed by atoms with E-state index in [1.54, 1.807) is 19.9 Å². The maximum absolute atomic E-state index is 13.3. The summed E-state index contributed by atoms with van der Waals surface area (Å²) in [6.45, 7) is 3.38. The first-order chi connectivity index (χ1) is 9.47. The summed E-state index contributed by atoms with van der Waals surface area (Å²) in [5.74, 6) is -0.797. The van der Waals surface area contributed by atoms with Gasteiger partial charge in [0.2, 0.25) is 0 Å². The molecule has 4 nitrogen and oxygen atoms in total. The Morgan fingerprint density at radius 2 is 2.05 bits per heavy atom. The van der Waals surface area contributed by atoms with Gasteiger partial charge in [-0.3, -0.25) is 4.79 Å². The number of nitrogens with zero attached hydrogens (tertiary/aromatic N) is 1. The van der Waals surface area contributed by atoms with Crippen LogP contribution in [0.1, 0.15) is 27.4 Å². The van der Waals surface area contributed by atoms with Crippen LogP contribution in [0.15, 0.2) is 33.8 Å². The Labute approximate surface area is 114 Å². The van der Waals surface area contributed by atoms with E-state index in [9.17, 15) is 13.6 Å². The zero-order chi connectivity index (χ0) is 14.7. The Bertz CT molecular complexity index is 678. The van der Waals surface area contributed by atoms with Gasteiger partial charge in [0.15, 0.2) is 0 Å². The number of hydrogen-bond donors (Lipinski definition) is 1. The van der Waals surface area contributed by atoms with Gasteiger partial charge < -0.3 is 4.42 Å². The monoisotopic (exact) mass is 278 g/mol. The molecule has 0 atom stereocenters. The van der Waals surface area contributed by atoms with Gasteiger partial charge in [0.1, 0.15) is 23.2 Å². The molecule has 0 aliphatic carbocycles. The van der Waals surface area contributed by atoms with Crippen LogP contribution in [0.3, 0.4) is 0 Å². The minimum atomic E-state index is -0.752. The van der Waals surface area contributed by atoms with Gasteiger partial charge in [0, 0.05) is 11.6 Å². The van der Waals surface area contributed by atoms with Crippen LogP contribution in [0.5, 0.6) is 0 Å². The van der Waals surface area contributed by atoms with Crippen LogP contribution < -0.4 is 5.43 Å². The van der Waals surface area contributed by atoms with Crippen molar-refractivity contribution >= 4 is 12.1 Å². The molecule has 0 spiro atoms. The molecular formula is C14H12F2N2O2. The van der Waals surface area contributed by atoms with E-state index >= 15 is 0 Å². The van der Waals surface area contributed by atoms with Crippen molar-refractivity contribution in [2.45, 2.75) is 13.8 Å². The van der Waals surface area contributed by atoms with E-state index in [1.165, 1.54) is 6.07 Å². The molecular weight excluding hydrogens is 266 g/mol. The number of nitrogens with one attached hydrogen (secondary N) is 1. The Hall–Kier alpha value is -2.50. The molecule has 1 aromatic carbocycles. The predicted molar refractivity (Wildman–Crippen MR) is 69.6 cm³/mol. The number of furan rings is 1. The highest BCUT2D eigenvalue weighted by Gasteiger charge is 2.12. The standard InChI is InChI=1S/C14H12F2N2O2/c1-8-5-12(9(2)20-8)14(19)18-17-7-10-3-4-11(15)6-13(10)16/h3-7H,1-2H3,(H,18,19)/b17-7-. The number of hydrogen-bond acceptors (Lipinski definition) is 3. The van der Waals surface area contributed by atoms with Gasteiger partial charge in [-0.2, -0.15) is 5.10 Å². The van der Waals surface area contributed by atoms with Crippen molar-refractivity contribution in [3.8, 4) is 0 Å². The van der Waals surface area contributed by atoms with Gasteiger partial charge in [0.25, 0.3) is 5.91 Å². The highest BCUT2D eigenvalue weighted by Crippen LogP contribution is 2.13. The van der Waals surface area contributed by atoms with E-state index in [2.05, 4.69) is 10.5 Å². The van der Waals surface area contributed by atoms with Crippen molar-refractivity contribution in [1.82, 2.24) is 5.43 Å². The molecule has 0 saturated carbocycles. The van der Waals surface area contributed by atoms with Gasteiger partial charge in [0.05, 0.1) is 11.8 Å². The summed E-state index contributed by atoms with van der Waals surface area (Å²) >= 11 is 0. The molecule has 2 aromatic rings. The number of carbonyl (C=O) groups excluding carboxylic acids is 1. The highest BCUT2D eigenvalue weighted by molar-refractivity contribution is 5.95. The van der Waals surface area contributed by atoms with Crippen molar-refractivity contribution in [2.24, 2.45) is 5.10 Å². The van der Waals surface area contributed by atoms with E-state index in [1.807, 2.05) is 0 Å². The van der Waals surface area contributed by atoms with Crippen LogP contribution in [0.2, 0.25) is 0 Å². The number of rotatable bonds is 3. The number of carbonyl (C=O) groups is 1. The average molecular weight is 278 g/mol. The molecule has 104 valence electrons. The number of amides is 1. The van der Waals surface area contributed by atoms with Crippen LogP contribution in [-0.4, -0.2) is 12.1 Å². The van der Waals surface area contributed by atoms with Gasteiger partial charge >= 0.3 is 0 Å². The Kier molecular flexibility index (Phi) is 3.93. The van der Waals surface area contributed by atoms with Gasteiger partial charge in [-0.25, -0.2) is 14.2 Å². The van der Waals surface area contributed by atoms with Gasteiger partial charge in [-0.1, -0.05) is 0 Å². The molecule has 0 saturated heterocycles. The van der Waals surface area contributed by atoms with Crippen molar-refractivity contribution in [2.75, 3.05) is 0 Å². The Morgan fingerprint density at radius 1 is 1.30 bits per heavy atom. The highest BCUT2D eigenvalue weighted by atomic mass is 19.1. The SMILES string of the molecule is Cc1cc(C(=O)N/N=C\c2ccc(F)cc2F)c(C)o1. The van der Waals surface area contributed by atoms with Crippen LogP contribution in [-0.2, 0) is 0 Å². The van der Waals surface area contributed by atoms with E-state index < -0.39 is 17.5 Å². The van der Waals surface area contributed by atoms with E-state index in [-0.39, 0.29) is 5.56 Å². The van der Waals surface area contributed by atoms with Crippen molar-refractivity contribution in [3.05, 3.63) is 58.5 Å². The second-order valence-electron chi connectivity index (χ2n) is 4.19. The first-order valence-electron chi connectivity index (χ1n) is 5.83. The molecule has 1 N–H and O–H groups in total. The zero-order valence-corrected chi connectivity index (χ0v) is 10.9. The van der Waals surface area contributed by atoms with Crippen molar-refractivity contribution in [3.63, 3.8) is 0 Å². The summed E-state index contributed by atoms with van der Waals surface area (Å²) in [5, 5.41) is 3.63. The van der Waals surface area contributed by atoms with E-state index in [0.717, 1.165) is 18.3 Å². The second kappa shape index (κ2) is 5.64. The average Bonchev–Trinajstić information content (AvgIpc) is 2.71. The van der Waals surface area contributed by atoms with Crippen molar-refractivity contribution < 1.29 is 18.0 Å². The fourth-order valence-electron chi connectivity index (χ4n) is 1.68. The Balaban J connectivity index is 2.06. The van der Waals surface area contributed by atoms with Crippen LogP contribution in [0, 0.1) is 25.5 Å². The lowest BCUT2D eigenvalue weighted by Crippen LogP contribution is -2.17. The van der Waals surface area contributed by atoms with Crippen LogP contribution in [0.25, 0.3) is 0 Å². The zero-order valence-electron chi connectivity index (χ0n) is 10.9.